The number of aliphatic hydroxyl groups is 2. The van der Waals surface area contributed by atoms with Crippen LogP contribution in [0.25, 0.3) is 0 Å². The van der Waals surface area contributed by atoms with Crippen molar-refractivity contribution in [1.82, 2.24) is 24.1 Å². The first-order chi connectivity index (χ1) is 12.4. The number of hydrogen-bond donors (Lipinski definition) is 2. The molecule has 0 aliphatic carbocycles. The second-order valence-corrected chi connectivity index (χ2v) is 6.17. The minimum absolute atomic E-state index is 0.0380. The Morgan fingerprint density at radius 2 is 2.15 bits per heavy atom. The van der Waals surface area contributed by atoms with Crippen LogP contribution in [0.3, 0.4) is 0 Å². The van der Waals surface area contributed by atoms with Crippen LogP contribution in [0.15, 0.2) is 22.0 Å². The number of alkyl halides is 1. The average Bonchev–Trinajstić information content (AvgIpc) is 3.21. The third kappa shape index (κ3) is 3.45. The zero-order valence-corrected chi connectivity index (χ0v) is 14.2. The van der Waals surface area contributed by atoms with E-state index < -0.39 is 36.4 Å². The Morgan fingerprint density at radius 3 is 2.81 bits per heavy atom. The summed E-state index contributed by atoms with van der Waals surface area (Å²) < 4.78 is 21.4. The maximum absolute atomic E-state index is 12.8. The van der Waals surface area contributed by atoms with Crippen LogP contribution in [-0.2, 0) is 17.8 Å². The highest BCUT2D eigenvalue weighted by atomic mass is 19.1. The van der Waals surface area contributed by atoms with Gasteiger partial charge in [-0.25, -0.2) is 13.9 Å². The first kappa shape index (κ1) is 18.4. The lowest BCUT2D eigenvalue weighted by atomic mass is 10.2. The van der Waals surface area contributed by atoms with Crippen molar-refractivity contribution >= 4 is 0 Å². The zero-order chi connectivity index (χ0) is 18.8. The largest absolute Gasteiger partial charge is 0.394 e. The topological polar surface area (TPSA) is 124 Å². The molecule has 0 aromatic carbocycles. The molecule has 0 bridgehead atoms. The van der Waals surface area contributed by atoms with E-state index in [4.69, 9.17) is 4.74 Å². The van der Waals surface area contributed by atoms with E-state index in [2.05, 4.69) is 10.3 Å². The van der Waals surface area contributed by atoms with Gasteiger partial charge in [0.25, 0.3) is 5.56 Å². The van der Waals surface area contributed by atoms with E-state index in [1.165, 1.54) is 21.6 Å². The second-order valence-electron chi connectivity index (χ2n) is 6.17. The summed E-state index contributed by atoms with van der Waals surface area (Å²) in [5, 5.41) is 26.6. The summed E-state index contributed by atoms with van der Waals surface area (Å²) in [6.07, 6.45) is 0.484. The molecule has 11 heteroatoms. The molecule has 0 saturated carbocycles. The third-order valence-electron chi connectivity index (χ3n) is 4.28. The Bertz CT molecular complexity index is 891. The number of ether oxygens (including phenoxy) is 1. The van der Waals surface area contributed by atoms with Gasteiger partial charge in [-0.15, -0.1) is 5.10 Å². The first-order valence-electron chi connectivity index (χ1n) is 8.16. The van der Waals surface area contributed by atoms with Crippen molar-refractivity contribution in [1.29, 1.82) is 0 Å². The molecular weight excluding hydrogens is 349 g/mol. The van der Waals surface area contributed by atoms with Gasteiger partial charge in [-0.2, -0.15) is 0 Å². The Labute approximate surface area is 147 Å². The maximum atomic E-state index is 12.8. The number of rotatable bonds is 6. The maximum Gasteiger partial charge on any atom is 0.333 e. The lowest BCUT2D eigenvalue weighted by Crippen LogP contribution is -2.42. The quantitative estimate of drug-likeness (QED) is 0.639. The summed E-state index contributed by atoms with van der Waals surface area (Å²) in [6.45, 7) is 0.500. The van der Waals surface area contributed by atoms with Crippen LogP contribution in [0.2, 0.25) is 0 Å². The van der Waals surface area contributed by atoms with Gasteiger partial charge in [0.15, 0.2) is 0 Å². The van der Waals surface area contributed by atoms with Crippen LogP contribution in [0.4, 0.5) is 4.39 Å². The van der Waals surface area contributed by atoms with E-state index >= 15 is 0 Å². The molecule has 3 rings (SSSR count). The molecule has 1 saturated heterocycles. The zero-order valence-electron chi connectivity index (χ0n) is 14.2. The van der Waals surface area contributed by atoms with E-state index in [-0.39, 0.29) is 26.1 Å². The van der Waals surface area contributed by atoms with Gasteiger partial charge in [-0.1, -0.05) is 5.21 Å². The summed E-state index contributed by atoms with van der Waals surface area (Å²) in [6, 6.07) is 0. The molecule has 26 heavy (non-hydrogen) atoms. The van der Waals surface area contributed by atoms with Crippen LogP contribution in [0.5, 0.6) is 0 Å². The number of aliphatic hydroxyl groups excluding tert-OH is 2. The summed E-state index contributed by atoms with van der Waals surface area (Å²) in [5.41, 5.74) is -0.457. The number of hydrogen-bond acceptors (Lipinski definition) is 7. The Balaban J connectivity index is 1.94. The SMILES string of the molecule is Cc1cn(C2CC(O)C(CO)O2)c(=O)n(Cc2cn(CCF)nn2)c1=O. The van der Waals surface area contributed by atoms with Gasteiger partial charge in [0.2, 0.25) is 0 Å². The van der Waals surface area contributed by atoms with Gasteiger partial charge >= 0.3 is 5.69 Å². The molecular formula is C15H20FN5O5. The highest BCUT2D eigenvalue weighted by Gasteiger charge is 2.35. The molecule has 2 N–H and O–H groups in total. The van der Waals surface area contributed by atoms with Crippen LogP contribution in [0, 0.1) is 6.92 Å². The van der Waals surface area contributed by atoms with Crippen molar-refractivity contribution in [2.24, 2.45) is 0 Å². The predicted octanol–water partition coefficient (Wildman–Crippen LogP) is -1.43. The Hall–Kier alpha value is -2.37. The van der Waals surface area contributed by atoms with Gasteiger partial charge in [0.05, 0.1) is 32.0 Å². The number of halogens is 1. The molecule has 3 heterocycles. The molecule has 2 aromatic heterocycles. The van der Waals surface area contributed by atoms with E-state index in [9.17, 15) is 24.2 Å². The van der Waals surface area contributed by atoms with Gasteiger partial charge in [0.1, 0.15) is 24.7 Å². The van der Waals surface area contributed by atoms with Crippen LogP contribution in [-0.4, -0.2) is 59.8 Å². The molecule has 2 aromatic rings. The lowest BCUT2D eigenvalue weighted by Gasteiger charge is -2.17. The van der Waals surface area contributed by atoms with Crippen molar-refractivity contribution in [3.05, 3.63) is 44.5 Å². The molecule has 1 fully saturated rings. The summed E-state index contributed by atoms with van der Waals surface area (Å²) >= 11 is 0. The van der Waals surface area contributed by atoms with E-state index in [1.807, 2.05) is 0 Å². The molecule has 0 radical (unpaired) electrons. The van der Waals surface area contributed by atoms with Crippen LogP contribution in [0.1, 0.15) is 23.9 Å². The molecule has 3 atom stereocenters. The first-order valence-corrected chi connectivity index (χ1v) is 8.16. The minimum Gasteiger partial charge on any atom is -0.394 e. The fourth-order valence-electron chi connectivity index (χ4n) is 2.92. The summed E-state index contributed by atoms with van der Waals surface area (Å²) in [7, 11) is 0. The fraction of sp³-hybridized carbons (Fsp3) is 0.600. The minimum atomic E-state index is -0.904. The molecule has 142 valence electrons. The molecule has 1 aliphatic rings. The standard InChI is InChI=1S/C15H20FN5O5/c1-9-5-20(13-4-11(23)12(8-22)26-13)15(25)21(14(9)24)7-10-6-19(3-2-16)18-17-10/h5-6,11-13,22-23H,2-4,7-8H2,1H3. The Kier molecular flexibility index (Phi) is 5.30. The van der Waals surface area contributed by atoms with Crippen LogP contribution >= 0.6 is 0 Å². The molecule has 0 amide bonds. The van der Waals surface area contributed by atoms with Crippen molar-refractivity contribution in [2.45, 2.75) is 44.9 Å². The molecule has 0 spiro atoms. The van der Waals surface area contributed by atoms with E-state index in [1.54, 1.807) is 6.92 Å². The summed E-state index contributed by atoms with van der Waals surface area (Å²) in [4.78, 5) is 25.1. The van der Waals surface area contributed by atoms with Gasteiger partial charge in [0, 0.05) is 18.2 Å². The molecule has 3 unspecified atom stereocenters. The van der Waals surface area contributed by atoms with Crippen molar-refractivity contribution in [3.63, 3.8) is 0 Å². The number of aryl methyl sites for hydroxylation is 2. The normalized spacial score (nSPS) is 22.8. The van der Waals surface area contributed by atoms with Gasteiger partial charge < -0.3 is 14.9 Å². The molecule has 10 nitrogen and oxygen atoms in total. The number of aromatic nitrogens is 5. The fourth-order valence-corrected chi connectivity index (χ4v) is 2.92. The van der Waals surface area contributed by atoms with Crippen molar-refractivity contribution < 1.29 is 19.3 Å². The van der Waals surface area contributed by atoms with Crippen molar-refractivity contribution in [3.8, 4) is 0 Å². The Morgan fingerprint density at radius 1 is 1.38 bits per heavy atom. The second kappa shape index (κ2) is 7.48. The van der Waals surface area contributed by atoms with Gasteiger partial charge in [-0.3, -0.25) is 13.9 Å². The van der Waals surface area contributed by atoms with Gasteiger partial charge in [-0.05, 0) is 6.92 Å². The average molecular weight is 369 g/mol. The smallest absolute Gasteiger partial charge is 0.333 e. The third-order valence-corrected chi connectivity index (χ3v) is 4.28. The van der Waals surface area contributed by atoms with E-state index in [0.717, 1.165) is 4.57 Å². The molecule has 1 aliphatic heterocycles. The monoisotopic (exact) mass is 369 g/mol. The van der Waals surface area contributed by atoms with Crippen molar-refractivity contribution in [2.75, 3.05) is 13.3 Å². The summed E-state index contributed by atoms with van der Waals surface area (Å²) in [5.74, 6) is 0. The highest BCUT2D eigenvalue weighted by molar-refractivity contribution is 5.06. The lowest BCUT2D eigenvalue weighted by molar-refractivity contribution is -0.0463. The number of nitrogens with zero attached hydrogens (tertiary/aromatic N) is 5. The van der Waals surface area contributed by atoms with E-state index in [0.29, 0.717) is 11.3 Å². The predicted molar refractivity (Wildman–Crippen MR) is 86.4 cm³/mol. The van der Waals surface area contributed by atoms with Crippen LogP contribution < -0.4 is 11.2 Å². The highest BCUT2D eigenvalue weighted by Crippen LogP contribution is 2.27.